The molecule has 1 amide bonds. The zero-order valence-electron chi connectivity index (χ0n) is 10.5. The summed E-state index contributed by atoms with van der Waals surface area (Å²) in [7, 11) is 2.56. The predicted molar refractivity (Wildman–Crippen MR) is 65.3 cm³/mol. The summed E-state index contributed by atoms with van der Waals surface area (Å²) in [6, 6.07) is 7.32. The topological polar surface area (TPSA) is 96.3 Å². The van der Waals surface area contributed by atoms with E-state index in [-0.39, 0.29) is 11.1 Å². The number of Topliss-reactive ketones (excluding diaryl/α,β-unsaturated/α-hetero) is 1. The standard InChI is InChI=1S/C13H12N2O4/c1-15-12(17)10(7-14)11(16)8-4-3-5-9(6-8)13(18)19-2/h3-6,10H,1-2H3,(H,15,17). The van der Waals surface area contributed by atoms with Crippen LogP contribution in [0.2, 0.25) is 0 Å². The lowest BCUT2D eigenvalue weighted by Gasteiger charge is -2.07. The van der Waals surface area contributed by atoms with Crippen LogP contribution in [0.1, 0.15) is 20.7 Å². The van der Waals surface area contributed by atoms with Crippen LogP contribution in [0, 0.1) is 17.2 Å². The molecular formula is C13H12N2O4. The molecule has 0 heterocycles. The van der Waals surface area contributed by atoms with Gasteiger partial charge < -0.3 is 10.1 Å². The van der Waals surface area contributed by atoms with E-state index in [0.29, 0.717) is 0 Å². The minimum absolute atomic E-state index is 0.109. The molecule has 1 atom stereocenters. The Balaban J connectivity index is 3.10. The monoisotopic (exact) mass is 260 g/mol. The molecule has 1 rings (SSSR count). The quantitative estimate of drug-likeness (QED) is 0.484. The number of benzene rings is 1. The van der Waals surface area contributed by atoms with Crippen molar-refractivity contribution in [1.29, 1.82) is 5.26 Å². The Labute approximate surface area is 110 Å². The third-order valence-electron chi connectivity index (χ3n) is 2.47. The van der Waals surface area contributed by atoms with Gasteiger partial charge in [0.1, 0.15) is 0 Å². The SMILES string of the molecule is CNC(=O)C(C#N)C(=O)c1cccc(C(=O)OC)c1. The highest BCUT2D eigenvalue weighted by atomic mass is 16.5. The molecule has 1 aromatic rings. The zero-order valence-corrected chi connectivity index (χ0v) is 10.5. The number of hydrogen-bond donors (Lipinski definition) is 1. The lowest BCUT2D eigenvalue weighted by molar-refractivity contribution is -0.121. The average molecular weight is 260 g/mol. The van der Waals surface area contributed by atoms with Crippen molar-refractivity contribution in [2.75, 3.05) is 14.2 Å². The number of amides is 1. The highest BCUT2D eigenvalue weighted by molar-refractivity contribution is 6.12. The predicted octanol–water partition coefficient (Wildman–Crippen LogP) is 0.542. The number of carbonyl (C=O) groups is 3. The Morgan fingerprint density at radius 3 is 2.47 bits per heavy atom. The van der Waals surface area contributed by atoms with E-state index >= 15 is 0 Å². The van der Waals surface area contributed by atoms with Gasteiger partial charge in [-0.2, -0.15) is 5.26 Å². The molecule has 0 bridgehead atoms. The van der Waals surface area contributed by atoms with Crippen molar-refractivity contribution in [3.63, 3.8) is 0 Å². The van der Waals surface area contributed by atoms with Crippen LogP contribution < -0.4 is 5.32 Å². The number of hydrogen-bond acceptors (Lipinski definition) is 5. The highest BCUT2D eigenvalue weighted by Gasteiger charge is 2.27. The Kier molecular flexibility index (Phi) is 4.77. The third-order valence-corrected chi connectivity index (χ3v) is 2.47. The molecule has 0 aliphatic heterocycles. The highest BCUT2D eigenvalue weighted by Crippen LogP contribution is 2.12. The normalized spacial score (nSPS) is 11.0. The number of carbonyl (C=O) groups excluding carboxylic acids is 3. The second kappa shape index (κ2) is 6.31. The molecule has 1 aromatic carbocycles. The molecule has 98 valence electrons. The third kappa shape index (κ3) is 3.16. The number of methoxy groups -OCH3 is 1. The summed E-state index contributed by atoms with van der Waals surface area (Å²) in [5.74, 6) is -3.37. The summed E-state index contributed by atoms with van der Waals surface area (Å²) >= 11 is 0. The first kappa shape index (κ1) is 14.4. The summed E-state index contributed by atoms with van der Waals surface area (Å²) in [5, 5.41) is 11.1. The lowest BCUT2D eigenvalue weighted by Crippen LogP contribution is -2.32. The van der Waals surface area contributed by atoms with Crippen LogP contribution in [-0.2, 0) is 9.53 Å². The second-order valence-corrected chi connectivity index (χ2v) is 3.61. The van der Waals surface area contributed by atoms with E-state index in [1.165, 1.54) is 38.4 Å². The molecule has 1 N–H and O–H groups in total. The van der Waals surface area contributed by atoms with Crippen molar-refractivity contribution >= 4 is 17.7 Å². The number of esters is 1. The van der Waals surface area contributed by atoms with Gasteiger partial charge in [0.2, 0.25) is 5.91 Å². The first-order valence-electron chi connectivity index (χ1n) is 5.39. The molecule has 0 saturated heterocycles. The number of ether oxygens (including phenoxy) is 1. The minimum Gasteiger partial charge on any atom is -0.465 e. The van der Waals surface area contributed by atoms with Gasteiger partial charge in [-0.1, -0.05) is 12.1 Å². The second-order valence-electron chi connectivity index (χ2n) is 3.61. The average Bonchev–Trinajstić information content (AvgIpc) is 2.46. The van der Waals surface area contributed by atoms with Gasteiger partial charge in [0.15, 0.2) is 11.7 Å². The molecule has 0 radical (unpaired) electrons. The van der Waals surface area contributed by atoms with Gasteiger partial charge >= 0.3 is 5.97 Å². The molecule has 6 heteroatoms. The first-order valence-corrected chi connectivity index (χ1v) is 5.39. The summed E-state index contributed by atoms with van der Waals surface area (Å²) in [5.41, 5.74) is 0.292. The Morgan fingerprint density at radius 2 is 1.95 bits per heavy atom. The number of nitrogens with one attached hydrogen (secondary N) is 1. The van der Waals surface area contributed by atoms with Crippen molar-refractivity contribution in [3.05, 3.63) is 35.4 Å². The largest absolute Gasteiger partial charge is 0.465 e. The fraction of sp³-hybridized carbons (Fsp3) is 0.231. The molecular weight excluding hydrogens is 248 g/mol. The van der Waals surface area contributed by atoms with E-state index in [4.69, 9.17) is 5.26 Å². The van der Waals surface area contributed by atoms with E-state index in [2.05, 4.69) is 10.1 Å². The summed E-state index contributed by atoms with van der Waals surface area (Å²) in [6.07, 6.45) is 0. The smallest absolute Gasteiger partial charge is 0.337 e. The van der Waals surface area contributed by atoms with Gasteiger partial charge in [-0.05, 0) is 12.1 Å². The zero-order chi connectivity index (χ0) is 14.4. The number of rotatable bonds is 4. The van der Waals surface area contributed by atoms with E-state index in [1.54, 1.807) is 6.07 Å². The molecule has 0 spiro atoms. The summed E-state index contributed by atoms with van der Waals surface area (Å²) in [6.45, 7) is 0. The van der Waals surface area contributed by atoms with Crippen LogP contribution in [0.15, 0.2) is 24.3 Å². The van der Waals surface area contributed by atoms with Gasteiger partial charge in [0.25, 0.3) is 0 Å². The molecule has 0 saturated carbocycles. The van der Waals surface area contributed by atoms with Gasteiger partial charge in [-0.3, -0.25) is 9.59 Å². The molecule has 0 fully saturated rings. The molecule has 6 nitrogen and oxygen atoms in total. The minimum atomic E-state index is -1.43. The fourth-order valence-electron chi connectivity index (χ4n) is 1.46. The Bertz CT molecular complexity index is 560. The van der Waals surface area contributed by atoms with Gasteiger partial charge in [0, 0.05) is 12.6 Å². The molecule has 0 aromatic heterocycles. The van der Waals surface area contributed by atoms with Crippen molar-refractivity contribution < 1.29 is 19.1 Å². The molecule has 0 aliphatic carbocycles. The van der Waals surface area contributed by atoms with Gasteiger partial charge in [-0.25, -0.2) is 4.79 Å². The van der Waals surface area contributed by atoms with Gasteiger partial charge in [-0.15, -0.1) is 0 Å². The van der Waals surface area contributed by atoms with Crippen LogP contribution in [0.4, 0.5) is 0 Å². The van der Waals surface area contributed by atoms with E-state index < -0.39 is 23.6 Å². The van der Waals surface area contributed by atoms with E-state index in [9.17, 15) is 14.4 Å². The first-order chi connectivity index (χ1) is 9.04. The number of nitrogens with zero attached hydrogens (tertiary/aromatic N) is 1. The summed E-state index contributed by atoms with van der Waals surface area (Å²) < 4.78 is 4.53. The van der Waals surface area contributed by atoms with Gasteiger partial charge in [0.05, 0.1) is 18.7 Å². The Hall–Kier alpha value is -2.68. The van der Waals surface area contributed by atoms with E-state index in [0.717, 1.165) is 0 Å². The Morgan fingerprint density at radius 1 is 1.32 bits per heavy atom. The summed E-state index contributed by atoms with van der Waals surface area (Å²) in [4.78, 5) is 34.7. The maximum atomic E-state index is 12.0. The van der Waals surface area contributed by atoms with Crippen molar-refractivity contribution in [1.82, 2.24) is 5.32 Å². The van der Waals surface area contributed by atoms with Crippen molar-refractivity contribution in [2.45, 2.75) is 0 Å². The van der Waals surface area contributed by atoms with Crippen molar-refractivity contribution in [2.24, 2.45) is 5.92 Å². The number of nitriles is 1. The maximum absolute atomic E-state index is 12.0. The van der Waals surface area contributed by atoms with Crippen LogP contribution >= 0.6 is 0 Å². The van der Waals surface area contributed by atoms with E-state index in [1.807, 2.05) is 0 Å². The number of ketones is 1. The van der Waals surface area contributed by atoms with Crippen LogP contribution in [0.5, 0.6) is 0 Å². The maximum Gasteiger partial charge on any atom is 0.337 e. The molecule has 0 aliphatic rings. The van der Waals surface area contributed by atoms with Crippen molar-refractivity contribution in [3.8, 4) is 6.07 Å². The van der Waals surface area contributed by atoms with Crippen LogP contribution in [0.3, 0.4) is 0 Å². The van der Waals surface area contributed by atoms with Crippen LogP contribution in [-0.4, -0.2) is 31.8 Å². The van der Waals surface area contributed by atoms with Crippen LogP contribution in [0.25, 0.3) is 0 Å². The fourth-order valence-corrected chi connectivity index (χ4v) is 1.46. The molecule has 19 heavy (non-hydrogen) atoms. The molecule has 1 unspecified atom stereocenters. The lowest BCUT2D eigenvalue weighted by atomic mass is 9.97.